The van der Waals surface area contributed by atoms with E-state index in [1.165, 1.54) is 12.8 Å². The van der Waals surface area contributed by atoms with Gasteiger partial charge in [0, 0.05) is 41.8 Å². The normalized spacial score (nSPS) is 18.0. The Labute approximate surface area is 379 Å². The van der Waals surface area contributed by atoms with Crippen LogP contribution in [0.2, 0.25) is 0 Å². The number of ether oxygens (including phenoxy) is 6. The topological polar surface area (TPSA) is 89.5 Å². The Bertz CT molecular complexity index is 2030. The molecule has 0 radical (unpaired) electrons. The number of carbonyl (C=O) groups is 2. The minimum atomic E-state index is -1.38. The van der Waals surface area contributed by atoms with Crippen molar-refractivity contribution in [1.82, 2.24) is 0 Å². The van der Waals surface area contributed by atoms with Crippen molar-refractivity contribution in [2.45, 2.75) is 105 Å². The monoisotopic (exact) mass is 930 g/mol. The fourth-order valence-corrected chi connectivity index (χ4v) is 11.9. The molecule has 318 valence electrons. The van der Waals surface area contributed by atoms with Crippen molar-refractivity contribution in [3.05, 3.63) is 106 Å². The van der Waals surface area contributed by atoms with Crippen LogP contribution in [0.25, 0.3) is 0 Å². The van der Waals surface area contributed by atoms with E-state index in [2.05, 4.69) is 0 Å². The molecule has 0 atom stereocenters. The van der Waals surface area contributed by atoms with Gasteiger partial charge in [-0.15, -0.1) is 0 Å². The van der Waals surface area contributed by atoms with Crippen LogP contribution >= 0.6 is 69.9 Å². The van der Waals surface area contributed by atoms with Crippen molar-refractivity contribution in [2.24, 2.45) is 0 Å². The average molecular weight is 933 g/mol. The molecular weight excluding hydrogens is 886 g/mol. The minimum Gasteiger partial charge on any atom is -0.491 e. The molecule has 2 aliphatic carbocycles. The molecule has 2 fully saturated rings. The summed E-state index contributed by atoms with van der Waals surface area (Å²) in [5.74, 6) is 0.522. The smallest absolute Gasteiger partial charge is 0.338 e. The summed E-state index contributed by atoms with van der Waals surface area (Å²) < 4.78 is 32.3. The summed E-state index contributed by atoms with van der Waals surface area (Å²) >= 11 is 31.2. The molecule has 0 amide bonds. The Morgan fingerprint density at radius 1 is 0.483 bits per heavy atom. The molecule has 60 heavy (non-hydrogen) atoms. The predicted molar refractivity (Wildman–Crippen MR) is 236 cm³/mol. The first kappa shape index (κ1) is 43.8. The number of alkyl halides is 4. The van der Waals surface area contributed by atoms with E-state index in [0.717, 1.165) is 70.9 Å². The molecular formula is C46H46Cl4O8S2. The Morgan fingerprint density at radius 2 is 0.833 bits per heavy atom. The summed E-state index contributed by atoms with van der Waals surface area (Å²) in [4.78, 5) is 29.6. The molecule has 0 saturated heterocycles. The number of halogens is 4. The van der Waals surface area contributed by atoms with Crippen LogP contribution in [0.3, 0.4) is 0 Å². The lowest BCUT2D eigenvalue weighted by molar-refractivity contribution is 0.0201. The first-order valence-corrected chi connectivity index (χ1v) is 23.7. The van der Waals surface area contributed by atoms with Crippen molar-refractivity contribution in [3.8, 4) is 11.5 Å². The van der Waals surface area contributed by atoms with Crippen molar-refractivity contribution >= 4 is 81.9 Å². The third-order valence-electron chi connectivity index (χ3n) is 11.1. The Hall–Kier alpha value is -2.80. The van der Waals surface area contributed by atoms with Gasteiger partial charge in [-0.1, -0.05) is 82.8 Å². The van der Waals surface area contributed by atoms with E-state index in [1.807, 2.05) is 48.5 Å². The van der Waals surface area contributed by atoms with Gasteiger partial charge in [0.25, 0.3) is 0 Å². The van der Waals surface area contributed by atoms with Gasteiger partial charge in [-0.25, -0.2) is 9.59 Å². The highest BCUT2D eigenvalue weighted by atomic mass is 35.5. The molecule has 4 aromatic carbocycles. The second kappa shape index (κ2) is 19.7. The van der Waals surface area contributed by atoms with Gasteiger partial charge in [-0.3, -0.25) is 0 Å². The van der Waals surface area contributed by atoms with Gasteiger partial charge in [0.15, 0.2) is 8.67 Å². The van der Waals surface area contributed by atoms with E-state index in [1.54, 1.807) is 47.8 Å². The lowest BCUT2D eigenvalue weighted by Gasteiger charge is -2.31. The summed E-state index contributed by atoms with van der Waals surface area (Å²) in [5.41, 5.74) is 3.57. The van der Waals surface area contributed by atoms with Crippen LogP contribution in [-0.4, -0.2) is 63.8 Å². The Balaban J connectivity index is 0.754. The second-order valence-corrected chi connectivity index (χ2v) is 20.2. The van der Waals surface area contributed by atoms with Crippen molar-refractivity contribution in [2.75, 3.05) is 39.6 Å². The molecule has 4 aromatic rings. The van der Waals surface area contributed by atoms with Crippen LogP contribution < -0.4 is 9.47 Å². The van der Waals surface area contributed by atoms with Crippen LogP contribution in [-0.2, 0) is 27.6 Å². The standard InChI is InChI=1S/C46H46Cl4O8S2/c47-45(48)35-25-29(43(51)57-31-7-3-1-4-8-31)11-15-39(35)59-41-17-13-33(27-37(41)45)55-23-21-53-19-20-54-22-24-56-34-14-18-42-38(28-34)46(49,50)36-26-30(12-16-40(36)60-42)44(52)58-32-9-5-2-6-10-32/h11-18,25-28,31-32H,1-10,19-24H2. The largest absolute Gasteiger partial charge is 0.491 e. The highest BCUT2D eigenvalue weighted by Gasteiger charge is 2.40. The van der Waals surface area contributed by atoms with Crippen LogP contribution in [0.4, 0.5) is 0 Å². The number of rotatable bonds is 15. The van der Waals surface area contributed by atoms with E-state index in [9.17, 15) is 9.59 Å². The molecule has 8 rings (SSSR count). The highest BCUT2D eigenvalue weighted by molar-refractivity contribution is 7.99. The number of carbonyl (C=O) groups excluding carboxylic acids is 2. The average Bonchev–Trinajstić information content (AvgIpc) is 3.25. The molecule has 2 aliphatic heterocycles. The summed E-state index contributed by atoms with van der Waals surface area (Å²) in [6.07, 6.45) is 10.2. The number of benzene rings is 4. The van der Waals surface area contributed by atoms with Crippen molar-refractivity contribution in [1.29, 1.82) is 0 Å². The van der Waals surface area contributed by atoms with Gasteiger partial charge >= 0.3 is 11.9 Å². The fraction of sp³-hybridized carbons (Fsp3) is 0.435. The van der Waals surface area contributed by atoms with E-state index in [0.29, 0.717) is 84.5 Å². The zero-order valence-electron chi connectivity index (χ0n) is 33.0. The molecule has 0 bridgehead atoms. The molecule has 0 aromatic heterocycles. The van der Waals surface area contributed by atoms with E-state index in [-0.39, 0.29) is 24.1 Å². The first-order valence-electron chi connectivity index (χ1n) is 20.6. The van der Waals surface area contributed by atoms with Crippen LogP contribution in [0.15, 0.2) is 92.4 Å². The number of hydrogen-bond acceptors (Lipinski definition) is 10. The molecule has 4 aliphatic rings. The fourth-order valence-electron chi connectivity index (χ4n) is 7.94. The predicted octanol–water partition coefficient (Wildman–Crippen LogP) is 12.4. The molecule has 0 unspecified atom stereocenters. The molecule has 2 saturated carbocycles. The third kappa shape index (κ3) is 10.2. The zero-order chi connectivity index (χ0) is 41.7. The molecule has 2 heterocycles. The zero-order valence-corrected chi connectivity index (χ0v) is 37.6. The SMILES string of the molecule is O=C(OC1CCCCC1)c1ccc2c(c1)C(Cl)(Cl)c1cc(OCCOCCOCCOc3ccc4c(c3)C(Cl)(Cl)c3cc(C(=O)OC5CCCCC5)ccc3S4)ccc1S2. The van der Waals surface area contributed by atoms with E-state index < -0.39 is 8.67 Å². The first-order chi connectivity index (χ1) is 29.1. The van der Waals surface area contributed by atoms with Gasteiger partial charge in [-0.05, 0) is 124 Å². The maximum atomic E-state index is 13.0. The van der Waals surface area contributed by atoms with Crippen LogP contribution in [0.5, 0.6) is 11.5 Å². The van der Waals surface area contributed by atoms with Crippen molar-refractivity contribution in [3.63, 3.8) is 0 Å². The highest BCUT2D eigenvalue weighted by Crippen LogP contribution is 2.56. The minimum absolute atomic E-state index is 0.0418. The van der Waals surface area contributed by atoms with Gasteiger partial charge in [-0.2, -0.15) is 0 Å². The van der Waals surface area contributed by atoms with E-state index in [4.69, 9.17) is 74.8 Å². The van der Waals surface area contributed by atoms with Crippen LogP contribution in [0.1, 0.15) is 107 Å². The second-order valence-electron chi connectivity index (χ2n) is 15.3. The lowest BCUT2D eigenvalue weighted by Crippen LogP contribution is -2.22. The van der Waals surface area contributed by atoms with E-state index >= 15 is 0 Å². The van der Waals surface area contributed by atoms with Gasteiger partial charge in [0.2, 0.25) is 0 Å². The Kier molecular flexibility index (Phi) is 14.4. The number of hydrogen-bond donors (Lipinski definition) is 0. The quantitative estimate of drug-likeness (QED) is 0.0652. The summed E-state index contributed by atoms with van der Waals surface area (Å²) in [5, 5.41) is 0. The molecule has 8 nitrogen and oxygen atoms in total. The molecule has 0 spiro atoms. The third-order valence-corrected chi connectivity index (χ3v) is 15.1. The summed E-state index contributed by atoms with van der Waals surface area (Å²) in [7, 11) is 0. The molecule has 14 heteroatoms. The number of fused-ring (bicyclic) bond motifs is 4. The summed E-state index contributed by atoms with van der Waals surface area (Å²) in [6, 6.07) is 22.1. The van der Waals surface area contributed by atoms with Gasteiger partial charge < -0.3 is 28.4 Å². The van der Waals surface area contributed by atoms with Gasteiger partial charge in [0.05, 0.1) is 37.6 Å². The maximum absolute atomic E-state index is 13.0. The summed E-state index contributed by atoms with van der Waals surface area (Å²) in [6.45, 7) is 2.10. The molecule has 0 N–H and O–H groups in total. The lowest BCUT2D eigenvalue weighted by atomic mass is 9.97. The van der Waals surface area contributed by atoms with Gasteiger partial charge in [0.1, 0.15) is 36.9 Å². The van der Waals surface area contributed by atoms with Crippen LogP contribution in [0, 0.1) is 0 Å². The maximum Gasteiger partial charge on any atom is 0.338 e. The van der Waals surface area contributed by atoms with Crippen molar-refractivity contribution < 1.29 is 38.0 Å². The number of esters is 2. The Morgan fingerprint density at radius 3 is 1.23 bits per heavy atom.